The van der Waals surface area contributed by atoms with E-state index in [1.807, 2.05) is 20.8 Å². The van der Waals surface area contributed by atoms with Crippen LogP contribution in [0.15, 0.2) is 24.6 Å². The van der Waals surface area contributed by atoms with Gasteiger partial charge in [-0.1, -0.05) is 18.2 Å². The molecule has 0 amide bonds. The molecule has 20 heavy (non-hydrogen) atoms. The highest BCUT2D eigenvalue weighted by atomic mass is 35.5. The second kappa shape index (κ2) is 3.94. The average Bonchev–Trinajstić information content (AvgIpc) is 2.97. The minimum absolute atomic E-state index is 0.00677. The highest BCUT2D eigenvalue weighted by Gasteiger charge is 2.72. The zero-order valence-electron chi connectivity index (χ0n) is 11.6. The number of alkyl halides is 2. The van der Waals surface area contributed by atoms with Gasteiger partial charge in [0.05, 0.1) is 5.76 Å². The van der Waals surface area contributed by atoms with Gasteiger partial charge in [0.2, 0.25) is 0 Å². The molecule has 0 unspecified atom stereocenters. The smallest absolute Gasteiger partial charge is 0.277 e. The molecule has 0 saturated heterocycles. The molecule has 3 rings (SSSR count). The number of ether oxygens (including phenoxy) is 1. The van der Waals surface area contributed by atoms with Gasteiger partial charge in [-0.2, -0.15) is 0 Å². The van der Waals surface area contributed by atoms with Crippen molar-refractivity contribution in [2.24, 2.45) is 11.8 Å². The summed E-state index contributed by atoms with van der Waals surface area (Å²) in [4.78, 5) is 3.92. The van der Waals surface area contributed by atoms with Crippen molar-refractivity contribution in [3.8, 4) is 0 Å². The lowest BCUT2D eigenvalue weighted by atomic mass is 10.0. The Morgan fingerprint density at radius 2 is 2.10 bits per heavy atom. The maximum atomic E-state index is 14.4. The number of rotatable bonds is 2. The van der Waals surface area contributed by atoms with Gasteiger partial charge in [0.1, 0.15) is 10.8 Å². The third-order valence-corrected chi connectivity index (χ3v) is 4.07. The number of pyridine rings is 1. The Kier molecular flexibility index (Phi) is 2.72. The van der Waals surface area contributed by atoms with Gasteiger partial charge in [-0.25, -0.2) is 13.8 Å². The van der Waals surface area contributed by atoms with Crippen LogP contribution in [0.2, 0.25) is 5.15 Å². The molecule has 0 radical (unpaired) electrons. The van der Waals surface area contributed by atoms with Crippen molar-refractivity contribution in [3.05, 3.63) is 40.9 Å². The highest BCUT2D eigenvalue weighted by Crippen LogP contribution is 2.72. The quantitative estimate of drug-likeness (QED) is 0.592. The van der Waals surface area contributed by atoms with Crippen LogP contribution in [0.25, 0.3) is 0 Å². The average molecular weight is 300 g/mol. The van der Waals surface area contributed by atoms with Crippen molar-refractivity contribution in [2.75, 3.05) is 0 Å². The normalized spacial score (nSPS) is 29.6. The summed E-state index contributed by atoms with van der Waals surface area (Å²) >= 11 is 5.71. The van der Waals surface area contributed by atoms with Crippen LogP contribution in [0.5, 0.6) is 0 Å². The van der Waals surface area contributed by atoms with E-state index in [9.17, 15) is 8.78 Å². The summed E-state index contributed by atoms with van der Waals surface area (Å²) in [5.41, 5.74) is 0.157. The zero-order chi connectivity index (χ0) is 14.9. The molecule has 2 aliphatic rings. The molecule has 1 aromatic rings. The number of allylic oxidation sites excluding steroid dienone is 1. The van der Waals surface area contributed by atoms with Crippen LogP contribution in [-0.2, 0) is 10.7 Å². The van der Waals surface area contributed by atoms with Crippen LogP contribution < -0.4 is 0 Å². The Hall–Kier alpha value is -1.16. The summed E-state index contributed by atoms with van der Waals surface area (Å²) in [7, 11) is 0. The van der Waals surface area contributed by atoms with Gasteiger partial charge in [0.25, 0.3) is 5.92 Å². The van der Waals surface area contributed by atoms with E-state index in [0.717, 1.165) is 0 Å². The Balaban J connectivity index is 1.90. The van der Waals surface area contributed by atoms with E-state index in [1.165, 1.54) is 12.3 Å². The summed E-state index contributed by atoms with van der Waals surface area (Å²) in [6.45, 7) is 9.47. The van der Waals surface area contributed by atoms with Crippen LogP contribution in [0.1, 0.15) is 37.8 Å². The standard InChI is InChI=1S/C15H16ClF2NO/c1-7(20-14(2,3)4)11-12-8-6-19-10(16)5-9(8)15(17,18)13(11)12/h5-6,11-13H,1H2,2-4H3/t11-,12-,13+/m1/s1. The molecule has 1 heterocycles. The lowest BCUT2D eigenvalue weighted by molar-refractivity contribution is -0.0339. The molecule has 0 aromatic carbocycles. The van der Waals surface area contributed by atoms with Crippen molar-refractivity contribution in [2.45, 2.75) is 38.2 Å². The van der Waals surface area contributed by atoms with Crippen LogP contribution in [0.3, 0.4) is 0 Å². The number of hydrogen-bond acceptors (Lipinski definition) is 2. The topological polar surface area (TPSA) is 22.1 Å². The molecule has 2 nitrogen and oxygen atoms in total. The SMILES string of the molecule is C=C(OC(C)(C)C)[C@@H]1[C@H]2c3cnc(Cl)cc3C(F)(F)[C@@H]12. The van der Waals surface area contributed by atoms with Gasteiger partial charge < -0.3 is 4.74 Å². The Bertz CT molecular complexity index is 594. The fourth-order valence-corrected chi connectivity index (χ4v) is 3.34. The highest BCUT2D eigenvalue weighted by molar-refractivity contribution is 6.29. The Morgan fingerprint density at radius 3 is 2.70 bits per heavy atom. The van der Waals surface area contributed by atoms with E-state index in [0.29, 0.717) is 11.3 Å². The first kappa shape index (κ1) is 13.8. The second-order valence-corrected chi connectivity index (χ2v) is 6.86. The summed E-state index contributed by atoms with van der Waals surface area (Å²) < 4.78 is 34.5. The van der Waals surface area contributed by atoms with Gasteiger partial charge in [-0.3, -0.25) is 0 Å². The van der Waals surface area contributed by atoms with E-state index in [2.05, 4.69) is 11.6 Å². The van der Waals surface area contributed by atoms with E-state index in [1.54, 1.807) is 0 Å². The largest absolute Gasteiger partial charge is 0.493 e. The van der Waals surface area contributed by atoms with E-state index in [4.69, 9.17) is 16.3 Å². The minimum Gasteiger partial charge on any atom is -0.493 e. The molecule has 0 N–H and O–H groups in total. The molecular formula is C15H16ClF2NO. The van der Waals surface area contributed by atoms with Gasteiger partial charge in [0, 0.05) is 29.5 Å². The fraction of sp³-hybridized carbons (Fsp3) is 0.533. The summed E-state index contributed by atoms with van der Waals surface area (Å²) in [5, 5.41) is 0.103. The van der Waals surface area contributed by atoms with E-state index in [-0.39, 0.29) is 22.6 Å². The predicted molar refractivity (Wildman–Crippen MR) is 72.8 cm³/mol. The molecule has 1 fully saturated rings. The Labute approximate surface area is 121 Å². The van der Waals surface area contributed by atoms with Crippen LogP contribution in [0.4, 0.5) is 8.78 Å². The van der Waals surface area contributed by atoms with Crippen LogP contribution in [-0.4, -0.2) is 10.6 Å². The van der Waals surface area contributed by atoms with E-state index < -0.39 is 17.4 Å². The van der Waals surface area contributed by atoms with Gasteiger partial charge in [0.15, 0.2) is 0 Å². The molecule has 0 aliphatic heterocycles. The monoisotopic (exact) mass is 299 g/mol. The number of nitrogens with zero attached hydrogens (tertiary/aromatic N) is 1. The third-order valence-electron chi connectivity index (χ3n) is 3.87. The molecule has 2 aliphatic carbocycles. The maximum absolute atomic E-state index is 14.4. The molecule has 1 aromatic heterocycles. The number of fused-ring (bicyclic) bond motifs is 3. The summed E-state index contributed by atoms with van der Waals surface area (Å²) in [5.74, 6) is -3.80. The predicted octanol–water partition coefficient (Wildman–Crippen LogP) is 4.50. The first-order valence-electron chi connectivity index (χ1n) is 6.54. The van der Waals surface area contributed by atoms with Gasteiger partial charge in [-0.05, 0) is 32.4 Å². The molecule has 1 saturated carbocycles. The second-order valence-electron chi connectivity index (χ2n) is 6.48. The van der Waals surface area contributed by atoms with Crippen molar-refractivity contribution in [1.82, 2.24) is 4.98 Å². The van der Waals surface area contributed by atoms with Gasteiger partial charge >= 0.3 is 0 Å². The summed E-state index contributed by atoms with van der Waals surface area (Å²) in [6, 6.07) is 1.27. The molecule has 3 atom stereocenters. The molecular weight excluding hydrogens is 284 g/mol. The lowest BCUT2D eigenvalue weighted by Gasteiger charge is -2.25. The first-order chi connectivity index (χ1) is 9.13. The Morgan fingerprint density at radius 1 is 1.45 bits per heavy atom. The lowest BCUT2D eigenvalue weighted by Crippen LogP contribution is -2.22. The molecule has 108 valence electrons. The van der Waals surface area contributed by atoms with Gasteiger partial charge in [-0.15, -0.1) is 0 Å². The van der Waals surface area contributed by atoms with Crippen molar-refractivity contribution >= 4 is 11.6 Å². The fourth-order valence-electron chi connectivity index (χ4n) is 3.19. The van der Waals surface area contributed by atoms with Crippen molar-refractivity contribution in [1.29, 1.82) is 0 Å². The summed E-state index contributed by atoms with van der Waals surface area (Å²) in [6.07, 6.45) is 1.46. The van der Waals surface area contributed by atoms with E-state index >= 15 is 0 Å². The molecule has 0 bridgehead atoms. The zero-order valence-corrected chi connectivity index (χ0v) is 12.3. The maximum Gasteiger partial charge on any atom is 0.277 e. The van der Waals surface area contributed by atoms with Crippen LogP contribution >= 0.6 is 11.6 Å². The minimum atomic E-state index is -2.89. The first-order valence-corrected chi connectivity index (χ1v) is 6.92. The van der Waals surface area contributed by atoms with Crippen molar-refractivity contribution < 1.29 is 13.5 Å². The van der Waals surface area contributed by atoms with Crippen LogP contribution in [0, 0.1) is 11.8 Å². The third kappa shape index (κ3) is 1.93. The number of hydrogen-bond donors (Lipinski definition) is 0. The molecule has 0 spiro atoms. The number of halogens is 3. The van der Waals surface area contributed by atoms with Crippen molar-refractivity contribution in [3.63, 3.8) is 0 Å². The molecule has 5 heteroatoms. The number of aromatic nitrogens is 1.